The van der Waals surface area contributed by atoms with Gasteiger partial charge in [-0.1, -0.05) is 44.2 Å². The second kappa shape index (κ2) is 9.28. The number of carbonyl (C=O) groups excluding carboxylic acids is 1. The summed E-state index contributed by atoms with van der Waals surface area (Å²) in [5, 5.41) is 9.70. The lowest BCUT2D eigenvalue weighted by Gasteiger charge is -2.17. The van der Waals surface area contributed by atoms with Crippen LogP contribution in [0.1, 0.15) is 30.0 Å². The van der Waals surface area contributed by atoms with Crippen molar-refractivity contribution >= 4 is 40.6 Å². The quantitative estimate of drug-likeness (QED) is 0.476. The maximum Gasteiger partial charge on any atom is 0.335 e. The molecule has 0 radical (unpaired) electrons. The van der Waals surface area contributed by atoms with Crippen molar-refractivity contribution < 1.29 is 19.1 Å². The molecular formula is C25H22N2O4S. The first kappa shape index (κ1) is 21.6. The van der Waals surface area contributed by atoms with Crippen molar-refractivity contribution in [3.05, 3.63) is 83.0 Å². The molecule has 1 fully saturated rings. The first-order valence-electron chi connectivity index (χ1n) is 10.2. The standard InChI is InChI=1S/C25H22N2O4S/c1-16(2)15-27-23(28)22(32-25(27)26-19-6-4-3-5-7-19)14-20-12-13-21(31-20)17-8-10-18(11-9-17)24(29)30/h3-14,16H,15H2,1-2H3,(H,29,30)/b22-14+,26-25?. The maximum atomic E-state index is 13.1. The number of furan rings is 1. The Bertz CT molecular complexity index is 1190. The third-order valence-corrected chi connectivity index (χ3v) is 5.74. The molecule has 7 heteroatoms. The Hall–Kier alpha value is -3.58. The Balaban J connectivity index is 1.60. The first-order valence-corrected chi connectivity index (χ1v) is 11.0. The van der Waals surface area contributed by atoms with Gasteiger partial charge < -0.3 is 9.52 Å². The van der Waals surface area contributed by atoms with Crippen LogP contribution in [0.5, 0.6) is 0 Å². The van der Waals surface area contributed by atoms with Gasteiger partial charge in [0, 0.05) is 18.2 Å². The summed E-state index contributed by atoms with van der Waals surface area (Å²) in [6, 6.07) is 19.6. The molecule has 1 aliphatic rings. The summed E-state index contributed by atoms with van der Waals surface area (Å²) in [7, 11) is 0. The second-order valence-corrected chi connectivity index (χ2v) is 8.74. The fourth-order valence-electron chi connectivity index (χ4n) is 3.22. The molecular weight excluding hydrogens is 424 g/mol. The lowest BCUT2D eigenvalue weighted by atomic mass is 10.1. The fourth-order valence-corrected chi connectivity index (χ4v) is 4.21. The average molecular weight is 447 g/mol. The van der Waals surface area contributed by atoms with Crippen LogP contribution < -0.4 is 0 Å². The van der Waals surface area contributed by atoms with Gasteiger partial charge in [0.2, 0.25) is 0 Å². The SMILES string of the molecule is CC(C)CN1C(=O)/C(=C\c2ccc(-c3ccc(C(=O)O)cc3)o2)SC1=Nc1ccccc1. The predicted octanol–water partition coefficient (Wildman–Crippen LogP) is 5.90. The molecule has 0 bridgehead atoms. The van der Waals surface area contributed by atoms with Crippen molar-refractivity contribution in [3.8, 4) is 11.3 Å². The van der Waals surface area contributed by atoms with E-state index < -0.39 is 5.97 Å². The van der Waals surface area contributed by atoms with Crippen molar-refractivity contribution in [1.82, 2.24) is 4.90 Å². The molecule has 2 aromatic carbocycles. The minimum Gasteiger partial charge on any atom is -0.478 e. The topological polar surface area (TPSA) is 83.1 Å². The van der Waals surface area contributed by atoms with Gasteiger partial charge in [0.1, 0.15) is 11.5 Å². The number of aromatic carboxylic acids is 1. The van der Waals surface area contributed by atoms with Crippen LogP contribution >= 0.6 is 11.8 Å². The molecule has 4 rings (SSSR count). The van der Waals surface area contributed by atoms with Crippen molar-refractivity contribution in [2.24, 2.45) is 10.9 Å². The van der Waals surface area contributed by atoms with E-state index in [1.54, 1.807) is 35.2 Å². The number of hydrogen-bond acceptors (Lipinski definition) is 5. The van der Waals surface area contributed by atoms with Crippen molar-refractivity contribution in [1.29, 1.82) is 0 Å². The summed E-state index contributed by atoms with van der Waals surface area (Å²) in [5.41, 5.74) is 1.77. The van der Waals surface area contributed by atoms with Gasteiger partial charge in [0.05, 0.1) is 16.2 Å². The van der Waals surface area contributed by atoms with Crippen LogP contribution in [0.4, 0.5) is 5.69 Å². The lowest BCUT2D eigenvalue weighted by molar-refractivity contribution is -0.122. The van der Waals surface area contributed by atoms with Crippen LogP contribution in [0.3, 0.4) is 0 Å². The third kappa shape index (κ3) is 4.84. The number of carboxylic acids is 1. The molecule has 0 atom stereocenters. The fraction of sp³-hybridized carbons (Fsp3) is 0.160. The lowest BCUT2D eigenvalue weighted by Crippen LogP contribution is -2.32. The summed E-state index contributed by atoms with van der Waals surface area (Å²) in [4.78, 5) is 31.0. The number of thioether (sulfide) groups is 1. The number of amidine groups is 1. The van der Waals surface area contributed by atoms with Gasteiger partial charge in [0.15, 0.2) is 5.17 Å². The van der Waals surface area contributed by atoms with E-state index in [1.807, 2.05) is 30.3 Å². The molecule has 1 amide bonds. The van der Waals surface area contributed by atoms with E-state index in [-0.39, 0.29) is 11.5 Å². The molecule has 1 aromatic heterocycles. The predicted molar refractivity (Wildman–Crippen MR) is 127 cm³/mol. The van der Waals surface area contributed by atoms with Gasteiger partial charge in [-0.05, 0) is 54.1 Å². The molecule has 1 saturated heterocycles. The maximum absolute atomic E-state index is 13.1. The number of nitrogens with zero attached hydrogens (tertiary/aromatic N) is 2. The van der Waals surface area contributed by atoms with E-state index in [9.17, 15) is 9.59 Å². The monoisotopic (exact) mass is 446 g/mol. The van der Waals surface area contributed by atoms with E-state index in [0.29, 0.717) is 34.1 Å². The number of carbonyl (C=O) groups is 2. The summed E-state index contributed by atoms with van der Waals surface area (Å²) >= 11 is 1.33. The number of amides is 1. The zero-order chi connectivity index (χ0) is 22.7. The van der Waals surface area contributed by atoms with Gasteiger partial charge >= 0.3 is 5.97 Å². The molecule has 1 N–H and O–H groups in total. The average Bonchev–Trinajstić information content (AvgIpc) is 3.35. The number of carboxylic acid groups (broad SMARTS) is 1. The van der Waals surface area contributed by atoms with Gasteiger partial charge in [-0.3, -0.25) is 9.69 Å². The van der Waals surface area contributed by atoms with Crippen LogP contribution in [0, 0.1) is 5.92 Å². The molecule has 1 aliphatic heterocycles. The summed E-state index contributed by atoms with van der Waals surface area (Å²) in [6.45, 7) is 4.70. The molecule has 162 valence electrons. The molecule has 0 saturated carbocycles. The zero-order valence-electron chi connectivity index (χ0n) is 17.7. The van der Waals surface area contributed by atoms with E-state index in [2.05, 4.69) is 18.8 Å². The number of para-hydroxylation sites is 1. The van der Waals surface area contributed by atoms with E-state index in [1.165, 1.54) is 23.9 Å². The van der Waals surface area contributed by atoms with Gasteiger partial charge in [0.25, 0.3) is 5.91 Å². The number of hydrogen-bond donors (Lipinski definition) is 1. The van der Waals surface area contributed by atoms with Crippen LogP contribution in [-0.2, 0) is 4.79 Å². The normalized spacial score (nSPS) is 16.5. The molecule has 3 aromatic rings. The van der Waals surface area contributed by atoms with Gasteiger partial charge in [-0.2, -0.15) is 0 Å². The van der Waals surface area contributed by atoms with E-state index in [4.69, 9.17) is 9.52 Å². The summed E-state index contributed by atoms with van der Waals surface area (Å²) in [5.74, 6) is 0.369. The Kier molecular flexibility index (Phi) is 6.28. The van der Waals surface area contributed by atoms with Gasteiger partial charge in [-0.15, -0.1) is 0 Å². The Morgan fingerprint density at radius 1 is 1.09 bits per heavy atom. The largest absolute Gasteiger partial charge is 0.478 e. The second-order valence-electron chi connectivity index (χ2n) is 7.73. The number of aliphatic imine (C=N–C) groups is 1. The number of benzene rings is 2. The molecule has 32 heavy (non-hydrogen) atoms. The van der Waals surface area contributed by atoms with E-state index in [0.717, 1.165) is 11.3 Å². The highest BCUT2D eigenvalue weighted by Crippen LogP contribution is 2.35. The van der Waals surface area contributed by atoms with Crippen molar-refractivity contribution in [3.63, 3.8) is 0 Å². The molecule has 6 nitrogen and oxygen atoms in total. The smallest absolute Gasteiger partial charge is 0.335 e. The van der Waals surface area contributed by atoms with Crippen LogP contribution in [0.25, 0.3) is 17.4 Å². The zero-order valence-corrected chi connectivity index (χ0v) is 18.5. The Morgan fingerprint density at radius 3 is 2.47 bits per heavy atom. The minimum absolute atomic E-state index is 0.0952. The summed E-state index contributed by atoms with van der Waals surface area (Å²) in [6.07, 6.45) is 1.73. The van der Waals surface area contributed by atoms with Crippen LogP contribution in [0.2, 0.25) is 0 Å². The van der Waals surface area contributed by atoms with Crippen LogP contribution in [0.15, 0.2) is 81.0 Å². The van der Waals surface area contributed by atoms with Crippen LogP contribution in [-0.4, -0.2) is 33.6 Å². The van der Waals surface area contributed by atoms with Gasteiger partial charge in [-0.25, -0.2) is 9.79 Å². The number of rotatable bonds is 6. The molecule has 0 aliphatic carbocycles. The summed E-state index contributed by atoms with van der Waals surface area (Å²) < 4.78 is 5.90. The Morgan fingerprint density at radius 2 is 1.81 bits per heavy atom. The third-order valence-electron chi connectivity index (χ3n) is 4.73. The molecule has 2 heterocycles. The van der Waals surface area contributed by atoms with Crippen molar-refractivity contribution in [2.75, 3.05) is 6.54 Å². The highest BCUT2D eigenvalue weighted by Gasteiger charge is 2.34. The first-order chi connectivity index (χ1) is 15.4. The van der Waals surface area contributed by atoms with E-state index >= 15 is 0 Å². The minimum atomic E-state index is -0.975. The van der Waals surface area contributed by atoms with Crippen molar-refractivity contribution in [2.45, 2.75) is 13.8 Å². The molecule has 0 unspecified atom stereocenters. The highest BCUT2D eigenvalue weighted by molar-refractivity contribution is 8.18. The molecule has 0 spiro atoms. The Labute approximate surface area is 190 Å². The highest BCUT2D eigenvalue weighted by atomic mass is 32.2.